The van der Waals surface area contributed by atoms with E-state index in [9.17, 15) is 53.1 Å². The minimum Gasteiger partial charge on any atom is -0.287 e. The average molecular weight is 360 g/mol. The molecule has 0 radical (unpaired) electrons. The van der Waals surface area contributed by atoms with Gasteiger partial charge >= 0.3 is 23.9 Å². The number of hydrogen-bond acceptors (Lipinski definition) is 1. The third kappa shape index (κ3) is 2.98. The Bertz CT molecular complexity index is 597. The zero-order valence-corrected chi connectivity index (χ0v) is 10.3. The summed E-state index contributed by atoms with van der Waals surface area (Å²) < 4.78 is 139. The Morgan fingerprint density at radius 2 is 1.09 bits per heavy atom. The summed E-state index contributed by atoms with van der Waals surface area (Å²) in [5.74, 6) is -27.8. The van der Waals surface area contributed by atoms with Gasteiger partial charge in [-0.15, -0.1) is 0 Å². The molecule has 0 amide bonds. The summed E-state index contributed by atoms with van der Waals surface area (Å²) in [5, 5.41) is 0. The van der Waals surface area contributed by atoms with Gasteiger partial charge in [0.25, 0.3) is 0 Å². The van der Waals surface area contributed by atoms with Crippen molar-refractivity contribution in [2.75, 3.05) is 0 Å². The van der Waals surface area contributed by atoms with Crippen LogP contribution in [0.1, 0.15) is 10.4 Å². The Kier molecular flexibility index (Phi) is 4.45. The van der Waals surface area contributed by atoms with Gasteiger partial charge in [0.2, 0.25) is 5.78 Å². The Morgan fingerprint density at radius 3 is 1.43 bits per heavy atom. The van der Waals surface area contributed by atoms with E-state index in [1.54, 1.807) is 0 Å². The molecule has 1 rings (SSSR count). The number of benzene rings is 1. The summed E-state index contributed by atoms with van der Waals surface area (Å²) in [6.45, 7) is 0. The van der Waals surface area contributed by atoms with Crippen LogP contribution in [0.5, 0.6) is 0 Å². The number of Topliss-reactive ketones (excluding diaryl/α,β-unsaturated/α-hetero) is 1. The first-order valence-electron chi connectivity index (χ1n) is 5.26. The van der Waals surface area contributed by atoms with Crippen molar-refractivity contribution in [3.8, 4) is 0 Å². The first-order valence-corrected chi connectivity index (χ1v) is 5.26. The van der Waals surface area contributed by atoms with Crippen molar-refractivity contribution >= 4 is 5.78 Å². The molecule has 0 saturated heterocycles. The smallest absolute Gasteiger partial charge is 0.287 e. The van der Waals surface area contributed by atoms with E-state index in [0.717, 1.165) is 0 Å². The second kappa shape index (κ2) is 5.34. The van der Waals surface area contributed by atoms with Crippen molar-refractivity contribution in [3.63, 3.8) is 0 Å². The second-order valence-electron chi connectivity index (χ2n) is 4.21. The summed E-state index contributed by atoms with van der Waals surface area (Å²) in [6, 6.07) is -0.417. The maximum atomic E-state index is 13.2. The lowest BCUT2D eigenvalue weighted by Crippen LogP contribution is -2.63. The predicted octanol–water partition coefficient (Wildman–Crippen LogP) is 4.62. The zero-order valence-electron chi connectivity index (χ0n) is 10.3. The van der Waals surface area contributed by atoms with Gasteiger partial charge in [0.15, 0.2) is 0 Å². The molecule has 0 unspecified atom stereocenters. The van der Waals surface area contributed by atoms with E-state index in [-0.39, 0.29) is 18.2 Å². The molecule has 0 N–H and O–H groups in total. The van der Waals surface area contributed by atoms with Crippen molar-refractivity contribution in [1.82, 2.24) is 0 Å². The second-order valence-corrected chi connectivity index (χ2v) is 4.21. The Hall–Kier alpha value is -1.88. The fourth-order valence-electron chi connectivity index (χ4n) is 1.38. The number of halogens is 11. The summed E-state index contributed by atoms with van der Waals surface area (Å²) in [5.41, 5.74) is -1.84. The lowest BCUT2D eigenvalue weighted by molar-refractivity contribution is -0.386. The highest BCUT2D eigenvalue weighted by atomic mass is 19.4. The molecule has 0 aliphatic rings. The van der Waals surface area contributed by atoms with E-state index >= 15 is 0 Å². The molecular formula is C11H3F11O. The Balaban J connectivity index is 3.41. The van der Waals surface area contributed by atoms with E-state index in [1.807, 2.05) is 0 Å². The van der Waals surface area contributed by atoms with E-state index in [0.29, 0.717) is 0 Å². The molecule has 1 nitrogen and oxygen atoms in total. The fraction of sp³-hybridized carbons (Fsp3) is 0.364. The van der Waals surface area contributed by atoms with Crippen LogP contribution in [0.4, 0.5) is 48.3 Å². The number of alkyl halides is 9. The van der Waals surface area contributed by atoms with Crippen LogP contribution < -0.4 is 0 Å². The molecule has 23 heavy (non-hydrogen) atoms. The molecular weight excluding hydrogens is 357 g/mol. The van der Waals surface area contributed by atoms with E-state index < -0.39 is 46.9 Å². The molecule has 0 aliphatic carbocycles. The van der Waals surface area contributed by atoms with Crippen LogP contribution in [-0.4, -0.2) is 29.7 Å². The average Bonchev–Trinajstić information content (AvgIpc) is 2.34. The van der Waals surface area contributed by atoms with Gasteiger partial charge < -0.3 is 0 Å². The van der Waals surface area contributed by atoms with Crippen LogP contribution in [0.2, 0.25) is 0 Å². The molecule has 0 saturated carbocycles. The molecule has 0 atom stereocenters. The molecule has 0 fully saturated rings. The van der Waals surface area contributed by atoms with Crippen LogP contribution in [0.25, 0.3) is 0 Å². The highest BCUT2D eigenvalue weighted by Crippen LogP contribution is 2.53. The summed E-state index contributed by atoms with van der Waals surface area (Å²) in [6.07, 6.45) is -7.10. The largest absolute Gasteiger partial charge is 0.460 e. The molecule has 12 heteroatoms. The minimum absolute atomic E-state index is 0.0252. The van der Waals surface area contributed by atoms with Crippen LogP contribution in [0.15, 0.2) is 18.2 Å². The Morgan fingerprint density at radius 1 is 0.696 bits per heavy atom. The number of carbonyl (C=O) groups excluding carboxylic acids is 1. The van der Waals surface area contributed by atoms with Crippen molar-refractivity contribution < 1.29 is 53.1 Å². The quantitative estimate of drug-likeness (QED) is 0.566. The SMILES string of the molecule is O=C(c1cc(F)cc(F)c1)C(F)(F)C(F)(F)C(F)(F)C(F)(F)F. The molecule has 1 aromatic rings. The first kappa shape index (κ1) is 19.2. The van der Waals surface area contributed by atoms with Gasteiger partial charge in [-0.25, -0.2) is 8.78 Å². The van der Waals surface area contributed by atoms with Crippen molar-refractivity contribution in [1.29, 1.82) is 0 Å². The number of carbonyl (C=O) groups is 1. The van der Waals surface area contributed by atoms with Gasteiger partial charge in [0.05, 0.1) is 0 Å². The summed E-state index contributed by atoms with van der Waals surface area (Å²) in [7, 11) is 0. The molecule has 1 aromatic carbocycles. The number of hydrogen-bond donors (Lipinski definition) is 0. The molecule has 130 valence electrons. The monoisotopic (exact) mass is 360 g/mol. The summed E-state index contributed by atoms with van der Waals surface area (Å²) in [4.78, 5) is 11.1. The van der Waals surface area contributed by atoms with Gasteiger partial charge in [0.1, 0.15) is 11.6 Å². The Labute approximate surface area is 119 Å². The van der Waals surface area contributed by atoms with Gasteiger partial charge in [-0.05, 0) is 12.1 Å². The molecule has 0 aliphatic heterocycles. The van der Waals surface area contributed by atoms with Crippen molar-refractivity contribution in [2.24, 2.45) is 0 Å². The van der Waals surface area contributed by atoms with Crippen molar-refractivity contribution in [2.45, 2.75) is 23.9 Å². The minimum atomic E-state index is -7.27. The van der Waals surface area contributed by atoms with E-state index in [4.69, 9.17) is 0 Å². The van der Waals surface area contributed by atoms with Crippen LogP contribution >= 0.6 is 0 Å². The van der Waals surface area contributed by atoms with Crippen molar-refractivity contribution in [3.05, 3.63) is 35.4 Å². The van der Waals surface area contributed by atoms with Gasteiger partial charge in [-0.1, -0.05) is 0 Å². The maximum absolute atomic E-state index is 13.2. The summed E-state index contributed by atoms with van der Waals surface area (Å²) >= 11 is 0. The van der Waals surface area contributed by atoms with Gasteiger partial charge in [-0.2, -0.15) is 39.5 Å². The highest BCUT2D eigenvalue weighted by molar-refractivity contribution is 6.02. The van der Waals surface area contributed by atoms with Crippen LogP contribution in [0, 0.1) is 11.6 Å². The lowest BCUT2D eigenvalue weighted by Gasteiger charge is -2.32. The number of rotatable bonds is 4. The van der Waals surface area contributed by atoms with Crippen LogP contribution in [0.3, 0.4) is 0 Å². The first-order chi connectivity index (χ1) is 10.1. The predicted molar refractivity (Wildman–Crippen MR) is 51.6 cm³/mol. The van der Waals surface area contributed by atoms with Gasteiger partial charge in [0, 0.05) is 11.6 Å². The molecule has 0 aromatic heterocycles. The highest BCUT2D eigenvalue weighted by Gasteiger charge is 2.83. The third-order valence-corrected chi connectivity index (χ3v) is 2.55. The number of ketones is 1. The van der Waals surface area contributed by atoms with E-state index in [1.165, 1.54) is 0 Å². The third-order valence-electron chi connectivity index (χ3n) is 2.55. The normalized spacial score (nSPS) is 14.0. The fourth-order valence-corrected chi connectivity index (χ4v) is 1.38. The standard InChI is InChI=1S/C11H3F11O/c12-5-1-4(2-6(13)3-5)7(23)8(14,15)9(16,17)10(18,19)11(20,21)22/h1-3H. The molecule has 0 bridgehead atoms. The zero-order chi connectivity index (χ0) is 18.4. The van der Waals surface area contributed by atoms with Gasteiger partial charge in [-0.3, -0.25) is 4.79 Å². The maximum Gasteiger partial charge on any atom is 0.460 e. The lowest BCUT2D eigenvalue weighted by atomic mass is 9.95. The van der Waals surface area contributed by atoms with Crippen LogP contribution in [-0.2, 0) is 0 Å². The van der Waals surface area contributed by atoms with E-state index in [2.05, 4.69) is 0 Å². The topological polar surface area (TPSA) is 17.1 Å². The molecule has 0 spiro atoms. The molecule has 0 heterocycles.